The highest BCUT2D eigenvalue weighted by atomic mass is 16.3. The van der Waals surface area contributed by atoms with E-state index in [0.717, 1.165) is 11.3 Å². The van der Waals surface area contributed by atoms with Gasteiger partial charge < -0.3 is 15.7 Å². The van der Waals surface area contributed by atoms with Crippen molar-refractivity contribution in [3.8, 4) is 0 Å². The van der Waals surface area contributed by atoms with Crippen LogP contribution in [0.3, 0.4) is 0 Å². The van der Waals surface area contributed by atoms with Crippen LogP contribution in [0, 0.1) is 0 Å². The van der Waals surface area contributed by atoms with Crippen LogP contribution in [0.15, 0.2) is 18.2 Å². The number of anilines is 1. The van der Waals surface area contributed by atoms with E-state index >= 15 is 0 Å². The molecule has 4 nitrogen and oxygen atoms in total. The van der Waals surface area contributed by atoms with Crippen molar-refractivity contribution < 1.29 is 9.90 Å². The summed E-state index contributed by atoms with van der Waals surface area (Å²) in [5.74, 6) is 0.117. The van der Waals surface area contributed by atoms with Gasteiger partial charge in [-0.25, -0.2) is 0 Å². The number of fused-ring (bicyclic) bond motifs is 1. The Morgan fingerprint density at radius 1 is 1.42 bits per heavy atom. The van der Waals surface area contributed by atoms with E-state index in [4.69, 9.17) is 10.8 Å². The summed E-state index contributed by atoms with van der Waals surface area (Å²) in [5, 5.41) is 8.89. The van der Waals surface area contributed by atoms with Gasteiger partial charge in [0, 0.05) is 30.8 Å². The molecule has 4 heteroatoms. The molecule has 3 N–H and O–H groups in total. The molecule has 0 unspecified atom stereocenters. The van der Waals surface area contributed by atoms with Gasteiger partial charge >= 0.3 is 0 Å². The summed E-state index contributed by atoms with van der Waals surface area (Å²) < 4.78 is 0. The number of aliphatic hydroxyl groups is 1. The van der Waals surface area contributed by atoms with Crippen LogP contribution in [-0.4, -0.2) is 30.7 Å². The molecule has 0 saturated heterocycles. The molecule has 1 heterocycles. The van der Waals surface area contributed by atoms with Crippen molar-refractivity contribution in [2.75, 3.05) is 24.6 Å². The zero-order chi connectivity index (χ0) is 14.0. The zero-order valence-electron chi connectivity index (χ0n) is 11.6. The smallest absolute Gasteiger partial charge is 0.231 e. The van der Waals surface area contributed by atoms with Gasteiger partial charge in [-0.1, -0.05) is 26.0 Å². The number of nitrogens with two attached hydrogens (primary N) is 1. The molecule has 1 amide bonds. The van der Waals surface area contributed by atoms with E-state index in [2.05, 4.69) is 26.0 Å². The molecule has 104 valence electrons. The fourth-order valence-electron chi connectivity index (χ4n) is 2.40. The van der Waals surface area contributed by atoms with Crippen molar-refractivity contribution in [1.82, 2.24) is 0 Å². The third-order valence-electron chi connectivity index (χ3n) is 3.84. The van der Waals surface area contributed by atoms with Crippen molar-refractivity contribution in [3.05, 3.63) is 29.3 Å². The van der Waals surface area contributed by atoms with Crippen LogP contribution < -0.4 is 10.6 Å². The summed E-state index contributed by atoms with van der Waals surface area (Å²) in [4.78, 5) is 13.8. The Hall–Kier alpha value is -1.39. The van der Waals surface area contributed by atoms with Crippen LogP contribution in [-0.2, 0) is 16.6 Å². The maximum atomic E-state index is 12.0. The second-order valence-electron chi connectivity index (χ2n) is 5.73. The highest BCUT2D eigenvalue weighted by Crippen LogP contribution is 2.33. The van der Waals surface area contributed by atoms with E-state index in [9.17, 15) is 4.79 Å². The average Bonchev–Trinajstić information content (AvgIpc) is 2.71. The number of nitrogens with zero attached hydrogens (tertiary/aromatic N) is 1. The molecule has 0 aliphatic carbocycles. The van der Waals surface area contributed by atoms with E-state index in [1.54, 1.807) is 4.90 Å². The van der Waals surface area contributed by atoms with Crippen LogP contribution in [0.1, 0.15) is 31.4 Å². The molecule has 1 aromatic rings. The zero-order valence-corrected chi connectivity index (χ0v) is 11.6. The van der Waals surface area contributed by atoms with Gasteiger partial charge in [0.25, 0.3) is 0 Å². The van der Waals surface area contributed by atoms with Crippen LogP contribution >= 0.6 is 0 Å². The van der Waals surface area contributed by atoms with E-state index in [-0.39, 0.29) is 17.9 Å². The molecule has 0 bridgehead atoms. The topological polar surface area (TPSA) is 66.6 Å². The number of hydrogen-bond acceptors (Lipinski definition) is 3. The minimum absolute atomic E-state index is 0.0728. The molecule has 1 aliphatic rings. The highest BCUT2D eigenvalue weighted by molar-refractivity contribution is 6.01. The fourth-order valence-corrected chi connectivity index (χ4v) is 2.40. The van der Waals surface area contributed by atoms with Crippen molar-refractivity contribution in [1.29, 1.82) is 0 Å². The van der Waals surface area contributed by atoms with Gasteiger partial charge in [-0.2, -0.15) is 0 Å². The lowest BCUT2D eigenvalue weighted by Gasteiger charge is -2.24. The predicted molar refractivity (Wildman–Crippen MR) is 76.3 cm³/mol. The number of aliphatic hydroxyl groups excluding tert-OH is 1. The average molecular weight is 262 g/mol. The predicted octanol–water partition coefficient (Wildman–Crippen LogP) is 1.19. The van der Waals surface area contributed by atoms with Crippen molar-refractivity contribution in [2.24, 2.45) is 5.73 Å². The first-order valence-electron chi connectivity index (χ1n) is 6.74. The number of carbonyl (C=O) groups excluding carboxylic acids is 1. The molecule has 0 atom stereocenters. The summed E-state index contributed by atoms with van der Waals surface area (Å²) in [6.45, 7) is 5.48. The standard InChI is InChI=1S/C15H22N2O2/c1-15(2,10-16)12-4-5-13-11(8-12)9-14(19)17(13)6-3-7-18/h4-5,8,18H,3,6-7,9-10,16H2,1-2H3. The molecular formula is C15H22N2O2. The Morgan fingerprint density at radius 2 is 2.16 bits per heavy atom. The lowest BCUT2D eigenvalue weighted by Crippen LogP contribution is -2.29. The molecule has 0 aromatic heterocycles. The van der Waals surface area contributed by atoms with Crippen LogP contribution in [0.2, 0.25) is 0 Å². The molecule has 0 fully saturated rings. The number of hydrogen-bond donors (Lipinski definition) is 2. The summed E-state index contributed by atoms with van der Waals surface area (Å²) in [7, 11) is 0. The quantitative estimate of drug-likeness (QED) is 0.837. The van der Waals surface area contributed by atoms with Gasteiger partial charge in [0.15, 0.2) is 0 Å². The fraction of sp³-hybridized carbons (Fsp3) is 0.533. The molecule has 19 heavy (non-hydrogen) atoms. The van der Waals surface area contributed by atoms with E-state index < -0.39 is 0 Å². The van der Waals surface area contributed by atoms with Crippen molar-refractivity contribution in [2.45, 2.75) is 32.1 Å². The van der Waals surface area contributed by atoms with Crippen LogP contribution in [0.5, 0.6) is 0 Å². The Kier molecular flexibility index (Phi) is 3.92. The lowest BCUT2D eigenvalue weighted by atomic mass is 9.84. The second-order valence-corrected chi connectivity index (χ2v) is 5.73. The highest BCUT2D eigenvalue weighted by Gasteiger charge is 2.28. The van der Waals surface area contributed by atoms with E-state index in [0.29, 0.717) is 25.9 Å². The van der Waals surface area contributed by atoms with E-state index in [1.165, 1.54) is 5.56 Å². The number of benzene rings is 1. The van der Waals surface area contributed by atoms with Crippen LogP contribution in [0.25, 0.3) is 0 Å². The lowest BCUT2D eigenvalue weighted by molar-refractivity contribution is -0.117. The molecule has 1 aliphatic heterocycles. The largest absolute Gasteiger partial charge is 0.396 e. The van der Waals surface area contributed by atoms with Gasteiger partial charge in [0.2, 0.25) is 5.91 Å². The summed E-state index contributed by atoms with van der Waals surface area (Å²) >= 11 is 0. The Balaban J connectivity index is 2.29. The maximum Gasteiger partial charge on any atom is 0.231 e. The van der Waals surface area contributed by atoms with Gasteiger partial charge in [0.1, 0.15) is 0 Å². The van der Waals surface area contributed by atoms with Gasteiger partial charge in [-0.3, -0.25) is 4.79 Å². The van der Waals surface area contributed by atoms with Crippen molar-refractivity contribution in [3.63, 3.8) is 0 Å². The second kappa shape index (κ2) is 5.31. The summed E-state index contributed by atoms with van der Waals surface area (Å²) in [6, 6.07) is 6.15. The minimum Gasteiger partial charge on any atom is -0.396 e. The molecule has 0 spiro atoms. The molecule has 0 radical (unpaired) electrons. The van der Waals surface area contributed by atoms with Gasteiger partial charge in [-0.05, 0) is 23.6 Å². The Morgan fingerprint density at radius 3 is 2.79 bits per heavy atom. The third kappa shape index (κ3) is 2.65. The monoisotopic (exact) mass is 262 g/mol. The number of carbonyl (C=O) groups is 1. The first kappa shape index (κ1) is 14.0. The van der Waals surface area contributed by atoms with Crippen molar-refractivity contribution >= 4 is 11.6 Å². The Labute approximate surface area is 114 Å². The SMILES string of the molecule is CC(C)(CN)c1ccc2c(c1)CC(=O)N2CCCO. The first-order valence-corrected chi connectivity index (χ1v) is 6.74. The first-order chi connectivity index (χ1) is 8.99. The maximum absolute atomic E-state index is 12.0. The normalized spacial score (nSPS) is 14.9. The molecule has 1 aromatic carbocycles. The molecule has 0 saturated carbocycles. The number of amides is 1. The minimum atomic E-state index is -0.0728. The summed E-state index contributed by atoms with van der Waals surface area (Å²) in [5.41, 5.74) is 8.95. The van der Waals surface area contributed by atoms with Gasteiger partial charge in [-0.15, -0.1) is 0 Å². The Bertz CT molecular complexity index is 483. The van der Waals surface area contributed by atoms with E-state index in [1.807, 2.05) is 6.07 Å². The van der Waals surface area contributed by atoms with Crippen LogP contribution in [0.4, 0.5) is 5.69 Å². The summed E-state index contributed by atoms with van der Waals surface area (Å²) in [6.07, 6.45) is 1.07. The number of rotatable bonds is 5. The third-order valence-corrected chi connectivity index (χ3v) is 3.84. The molecule has 2 rings (SSSR count). The molecular weight excluding hydrogens is 240 g/mol. The van der Waals surface area contributed by atoms with Gasteiger partial charge in [0.05, 0.1) is 6.42 Å².